The van der Waals surface area contributed by atoms with E-state index in [1.54, 1.807) is 12.1 Å². The summed E-state index contributed by atoms with van der Waals surface area (Å²) in [7, 11) is -1.81. The van der Waals surface area contributed by atoms with Gasteiger partial charge in [0.25, 0.3) is 0 Å². The Bertz CT molecular complexity index is 517. The van der Waals surface area contributed by atoms with Crippen LogP contribution in [0.4, 0.5) is 0 Å². The van der Waals surface area contributed by atoms with Gasteiger partial charge in [0.05, 0.1) is 19.0 Å². The van der Waals surface area contributed by atoms with Crippen molar-refractivity contribution in [3.8, 4) is 5.75 Å². The number of hydrogen-bond donors (Lipinski definition) is 2. The fourth-order valence-electron chi connectivity index (χ4n) is 2.67. The number of carbonyl (C=O) groups excluding carboxylic acids is 1. The van der Waals surface area contributed by atoms with E-state index >= 15 is 0 Å². The Labute approximate surface area is 151 Å². The van der Waals surface area contributed by atoms with Crippen molar-refractivity contribution < 1.29 is 28.7 Å². The van der Waals surface area contributed by atoms with Gasteiger partial charge >= 0.3 is 13.3 Å². The first-order valence-electron chi connectivity index (χ1n) is 8.99. The normalized spacial score (nSPS) is 12.6. The number of benzene rings is 1. The quantitative estimate of drug-likeness (QED) is 0.362. The van der Waals surface area contributed by atoms with E-state index in [1.807, 2.05) is 26.0 Å². The fraction of sp³-hybridized carbons (Fsp3) is 0.611. The Morgan fingerprint density at radius 3 is 2.24 bits per heavy atom. The minimum Gasteiger partial charge on any atom is -0.512 e. The first-order chi connectivity index (χ1) is 11.9. The summed E-state index contributed by atoms with van der Waals surface area (Å²) < 4.78 is 11.1. The third-order valence-corrected chi connectivity index (χ3v) is 4.85. The molecule has 0 spiro atoms. The van der Waals surface area contributed by atoms with Crippen molar-refractivity contribution >= 4 is 13.3 Å². The van der Waals surface area contributed by atoms with Gasteiger partial charge in [0.1, 0.15) is 25.4 Å². The topological polar surface area (TPSA) is 76.0 Å². The van der Waals surface area contributed by atoms with E-state index in [2.05, 4.69) is 13.8 Å². The Kier molecular flexibility index (Phi) is 8.96. The molecule has 2 N–H and O–H groups in total. The van der Waals surface area contributed by atoms with Crippen LogP contribution in [0.3, 0.4) is 0 Å². The van der Waals surface area contributed by atoms with Gasteiger partial charge in [0.2, 0.25) is 0 Å². The summed E-state index contributed by atoms with van der Waals surface area (Å²) in [6, 6.07) is 7.28. The molecule has 1 rings (SSSR count). The summed E-state index contributed by atoms with van der Waals surface area (Å²) in [5, 5.41) is 17.7. The third kappa shape index (κ3) is 7.06. The monoisotopic (exact) mass is 352 g/mol. The molecule has 1 aromatic carbocycles. The molecule has 0 bridgehead atoms. The Hall–Kier alpha value is -1.57. The minimum atomic E-state index is -1.81. The van der Waals surface area contributed by atoms with Gasteiger partial charge in [0.15, 0.2) is 0 Å². The average Bonchev–Trinajstić information content (AvgIpc) is 2.61. The molecule has 7 heteroatoms. The molecule has 0 aliphatic heterocycles. The standard InChI is InChI=1S/C18H31BNO5/c1-5-15(4)18(21)24-13-12-20(6-2,7-3)14-16-8-10-17(11-9-16)25-19(22)23/h8-11,15,22-23H,5-7,12-14H2,1-4H3/q+1. The zero-order chi connectivity index (χ0) is 18.9. The summed E-state index contributed by atoms with van der Waals surface area (Å²) >= 11 is 0. The number of hydrogen-bond acceptors (Lipinski definition) is 5. The van der Waals surface area contributed by atoms with Crippen molar-refractivity contribution in [2.24, 2.45) is 5.92 Å². The first-order valence-corrected chi connectivity index (χ1v) is 8.99. The van der Waals surface area contributed by atoms with Crippen LogP contribution in [0.15, 0.2) is 24.3 Å². The van der Waals surface area contributed by atoms with E-state index in [-0.39, 0.29) is 11.9 Å². The fourth-order valence-corrected chi connectivity index (χ4v) is 2.67. The molecular formula is C18H31BNO5+. The number of esters is 1. The highest BCUT2D eigenvalue weighted by Gasteiger charge is 2.25. The van der Waals surface area contributed by atoms with Crippen molar-refractivity contribution in [1.29, 1.82) is 0 Å². The van der Waals surface area contributed by atoms with Crippen LogP contribution in [-0.4, -0.2) is 54.1 Å². The number of nitrogens with zero attached hydrogens (tertiary/aromatic N) is 1. The lowest BCUT2D eigenvalue weighted by molar-refractivity contribution is -0.937. The highest BCUT2D eigenvalue weighted by molar-refractivity contribution is 6.33. The van der Waals surface area contributed by atoms with Gasteiger partial charge in [-0.1, -0.05) is 13.8 Å². The summed E-state index contributed by atoms with van der Waals surface area (Å²) in [6.07, 6.45) is 0.789. The second kappa shape index (κ2) is 10.4. The van der Waals surface area contributed by atoms with E-state index in [9.17, 15) is 4.79 Å². The number of ether oxygens (including phenoxy) is 1. The lowest BCUT2D eigenvalue weighted by Gasteiger charge is -2.37. The van der Waals surface area contributed by atoms with Gasteiger partial charge in [-0.3, -0.25) is 4.79 Å². The number of rotatable bonds is 11. The Morgan fingerprint density at radius 1 is 1.16 bits per heavy atom. The maximum atomic E-state index is 11.8. The van der Waals surface area contributed by atoms with Crippen LogP contribution in [0.1, 0.15) is 39.7 Å². The van der Waals surface area contributed by atoms with Crippen molar-refractivity contribution in [2.75, 3.05) is 26.2 Å². The zero-order valence-electron chi connectivity index (χ0n) is 15.8. The average molecular weight is 352 g/mol. The van der Waals surface area contributed by atoms with E-state index in [1.165, 1.54) is 0 Å². The zero-order valence-corrected chi connectivity index (χ0v) is 15.8. The third-order valence-electron chi connectivity index (χ3n) is 4.85. The van der Waals surface area contributed by atoms with Gasteiger partial charge in [-0.15, -0.1) is 0 Å². The maximum absolute atomic E-state index is 11.8. The van der Waals surface area contributed by atoms with Gasteiger partial charge in [0, 0.05) is 5.56 Å². The first kappa shape index (κ1) is 21.5. The maximum Gasteiger partial charge on any atom is 0.707 e. The SMILES string of the molecule is CCC(C)C(=O)OCC[N+](CC)(CC)Cc1ccc(OB(O)O)cc1. The Morgan fingerprint density at radius 2 is 1.76 bits per heavy atom. The summed E-state index contributed by atoms with van der Waals surface area (Å²) in [5.74, 6) is 0.226. The molecular weight excluding hydrogens is 321 g/mol. The molecule has 0 aromatic heterocycles. The molecule has 0 aliphatic carbocycles. The predicted molar refractivity (Wildman–Crippen MR) is 97.6 cm³/mol. The molecule has 140 valence electrons. The molecule has 0 aliphatic rings. The molecule has 1 atom stereocenters. The van der Waals surface area contributed by atoms with Crippen LogP contribution >= 0.6 is 0 Å². The highest BCUT2D eigenvalue weighted by Crippen LogP contribution is 2.18. The molecule has 0 heterocycles. The van der Waals surface area contributed by atoms with E-state index < -0.39 is 7.32 Å². The molecule has 6 nitrogen and oxygen atoms in total. The molecule has 0 saturated heterocycles. The van der Waals surface area contributed by atoms with Crippen molar-refractivity contribution in [3.63, 3.8) is 0 Å². The Balaban J connectivity index is 2.66. The van der Waals surface area contributed by atoms with Crippen LogP contribution < -0.4 is 4.65 Å². The van der Waals surface area contributed by atoms with Crippen LogP contribution in [-0.2, 0) is 16.1 Å². The van der Waals surface area contributed by atoms with Crippen LogP contribution in [0.2, 0.25) is 0 Å². The van der Waals surface area contributed by atoms with Crippen LogP contribution in [0.25, 0.3) is 0 Å². The van der Waals surface area contributed by atoms with E-state index in [0.29, 0.717) is 12.4 Å². The van der Waals surface area contributed by atoms with E-state index in [4.69, 9.17) is 19.4 Å². The summed E-state index contributed by atoms with van der Waals surface area (Å²) in [5.41, 5.74) is 1.12. The van der Waals surface area contributed by atoms with E-state index in [0.717, 1.165) is 42.6 Å². The van der Waals surface area contributed by atoms with Gasteiger partial charge < -0.3 is 23.9 Å². The lowest BCUT2D eigenvalue weighted by Crippen LogP contribution is -2.49. The molecule has 0 radical (unpaired) electrons. The van der Waals surface area contributed by atoms with Crippen LogP contribution in [0, 0.1) is 5.92 Å². The van der Waals surface area contributed by atoms with Crippen molar-refractivity contribution in [3.05, 3.63) is 29.8 Å². The number of quaternary nitrogens is 1. The lowest BCUT2D eigenvalue weighted by atomic mass is 10.1. The molecule has 0 saturated carbocycles. The minimum absolute atomic E-state index is 0.0560. The molecule has 0 fully saturated rings. The molecule has 1 unspecified atom stereocenters. The van der Waals surface area contributed by atoms with Crippen LogP contribution in [0.5, 0.6) is 5.75 Å². The van der Waals surface area contributed by atoms with Gasteiger partial charge in [-0.05, 0) is 44.5 Å². The highest BCUT2D eigenvalue weighted by atomic mass is 16.6. The molecule has 0 amide bonds. The number of carbonyl (C=O) groups is 1. The molecule has 25 heavy (non-hydrogen) atoms. The number of likely N-dealkylation sites (N-methyl/N-ethyl adjacent to an activating group) is 1. The predicted octanol–water partition coefficient (Wildman–Crippen LogP) is 1.98. The van der Waals surface area contributed by atoms with Gasteiger partial charge in [-0.2, -0.15) is 0 Å². The van der Waals surface area contributed by atoms with Crippen molar-refractivity contribution in [2.45, 2.75) is 40.7 Å². The second-order valence-electron chi connectivity index (χ2n) is 6.42. The summed E-state index contributed by atoms with van der Waals surface area (Å²) in [4.78, 5) is 11.8. The smallest absolute Gasteiger partial charge is 0.512 e. The van der Waals surface area contributed by atoms with Crippen molar-refractivity contribution in [1.82, 2.24) is 0 Å². The van der Waals surface area contributed by atoms with Gasteiger partial charge in [-0.25, -0.2) is 0 Å². The second-order valence-corrected chi connectivity index (χ2v) is 6.42. The molecule has 1 aromatic rings. The summed E-state index contributed by atoms with van der Waals surface area (Å²) in [6.45, 7) is 12.0. The largest absolute Gasteiger partial charge is 0.707 e.